The largest absolute Gasteiger partial charge is 0.508 e. The first-order valence-corrected chi connectivity index (χ1v) is 26.5. The monoisotopic (exact) mass is 1120 g/mol. The van der Waals surface area contributed by atoms with Gasteiger partial charge in [0.2, 0.25) is 11.8 Å². The Labute approximate surface area is 466 Å². The number of imidazole rings is 1. The van der Waals surface area contributed by atoms with E-state index in [0.29, 0.717) is 40.1 Å². The summed E-state index contributed by atoms with van der Waals surface area (Å²) in [6, 6.07) is 20.5. The van der Waals surface area contributed by atoms with Gasteiger partial charge < -0.3 is 76.6 Å². The van der Waals surface area contributed by atoms with Crippen molar-refractivity contribution in [3.8, 4) is 11.5 Å². The van der Waals surface area contributed by atoms with Crippen molar-refractivity contribution in [3.63, 3.8) is 0 Å². The number of fused-ring (bicyclic) bond motifs is 4. The Morgan fingerprint density at radius 3 is 2.29 bits per heavy atom. The summed E-state index contributed by atoms with van der Waals surface area (Å²) in [5.41, 5.74) is 15.7. The number of benzene rings is 4. The molecule has 1 aliphatic rings. The number of carboxylic acid groups (broad SMARTS) is 1. The van der Waals surface area contributed by atoms with E-state index >= 15 is 0 Å². The van der Waals surface area contributed by atoms with Gasteiger partial charge in [-0.3, -0.25) is 19.2 Å². The predicted molar refractivity (Wildman–Crippen MR) is 301 cm³/mol. The van der Waals surface area contributed by atoms with Crippen molar-refractivity contribution in [3.05, 3.63) is 125 Å². The first-order chi connectivity index (χ1) is 38.3. The number of carbonyl (C=O) groups excluding carboxylic acids is 6. The van der Waals surface area contributed by atoms with Crippen LogP contribution in [-0.2, 0) is 20.7 Å². The van der Waals surface area contributed by atoms with Gasteiger partial charge >= 0.3 is 18.2 Å². The van der Waals surface area contributed by atoms with E-state index in [1.807, 2.05) is 19.1 Å². The van der Waals surface area contributed by atoms with E-state index in [2.05, 4.69) is 26.3 Å². The Morgan fingerprint density at radius 2 is 1.60 bits per heavy atom. The van der Waals surface area contributed by atoms with Gasteiger partial charge in [0.1, 0.15) is 28.9 Å². The standard InChI is InChI=1S/C56H66ClN11O12/c1-33(2)49(58)52(73)64-42(8-5-20-60-54(59)75)51(72)61-38-13-9-35(10-14-38)19-21-65(55(76)77)22-23-66(24-26-79-27-25-69)56(78)80-45-28-44-48(47-34(3)6-4-7-41(45)47)37(29-57)30-68(44)53(74)43-32-67-31-39(15-18-46(67)63-43)62-50(71)36-11-16-40(70)17-12-36/h4,6-7,9-18,28,31-33,37,42,49,69-70H,5,8,19-27,29-30,58H2,1-3H3,(H,61,72)(H,62,71)(H,64,73)(H,76,77)(H3,59,60,75)/t37-,42?,49?/m1/s1. The fraction of sp³-hybridized carbons (Fsp3) is 0.357. The molecule has 2 unspecified atom stereocenters. The van der Waals surface area contributed by atoms with Crippen LogP contribution in [0.3, 0.4) is 0 Å². The van der Waals surface area contributed by atoms with E-state index in [9.17, 15) is 48.9 Å². The highest BCUT2D eigenvalue weighted by atomic mass is 35.5. The second-order valence-electron chi connectivity index (χ2n) is 19.5. The van der Waals surface area contributed by atoms with Gasteiger partial charge in [0, 0.05) is 86.2 Å². The van der Waals surface area contributed by atoms with Crippen LogP contribution in [-0.4, -0.2) is 153 Å². The van der Waals surface area contributed by atoms with Crippen LogP contribution in [0.1, 0.15) is 70.1 Å². The molecule has 0 spiro atoms. The molecule has 7 rings (SSSR count). The fourth-order valence-electron chi connectivity index (χ4n) is 9.16. The number of carbonyl (C=O) groups is 7. The minimum atomic E-state index is -1.24. The number of phenols is 1. The Bertz CT molecular complexity index is 3210. The number of aromatic hydroxyl groups is 1. The molecule has 2 aromatic heterocycles. The summed E-state index contributed by atoms with van der Waals surface area (Å²) in [5, 5.41) is 41.4. The number of primary amides is 1. The molecule has 8 amide bonds. The van der Waals surface area contributed by atoms with Gasteiger partial charge in [-0.05, 0) is 103 Å². The van der Waals surface area contributed by atoms with Crippen LogP contribution in [0.25, 0.3) is 16.4 Å². The van der Waals surface area contributed by atoms with Crippen LogP contribution in [0.5, 0.6) is 11.5 Å². The van der Waals surface area contributed by atoms with Gasteiger partial charge in [-0.15, -0.1) is 11.6 Å². The normalized spacial score (nSPS) is 13.6. The quantitative estimate of drug-likeness (QED) is 0.0248. The van der Waals surface area contributed by atoms with Gasteiger partial charge in [-0.2, -0.15) is 0 Å². The average Bonchev–Trinajstić information content (AvgIpc) is 4.26. The minimum Gasteiger partial charge on any atom is -0.508 e. The molecule has 0 fully saturated rings. The molecule has 3 atom stereocenters. The second kappa shape index (κ2) is 27.4. The van der Waals surface area contributed by atoms with E-state index < -0.39 is 53.9 Å². The smallest absolute Gasteiger partial charge is 0.415 e. The van der Waals surface area contributed by atoms with Crippen molar-refractivity contribution < 1.29 is 58.4 Å². The number of amides is 8. The number of alkyl halides is 1. The number of rotatable bonds is 25. The van der Waals surface area contributed by atoms with Crippen molar-refractivity contribution in [2.75, 3.05) is 80.5 Å². The molecule has 4 aromatic carbocycles. The molecule has 0 saturated carbocycles. The molecule has 80 heavy (non-hydrogen) atoms. The molecule has 1 aliphatic heterocycles. The Balaban J connectivity index is 1.05. The summed E-state index contributed by atoms with van der Waals surface area (Å²) in [5.74, 6) is -2.04. The maximum Gasteiger partial charge on any atom is 0.415 e. The molecule has 3 heterocycles. The lowest BCUT2D eigenvalue weighted by atomic mass is 9.92. The molecule has 0 radical (unpaired) electrons. The van der Waals surface area contributed by atoms with Gasteiger partial charge in [-0.1, -0.05) is 44.2 Å². The molecule has 0 saturated heterocycles. The summed E-state index contributed by atoms with van der Waals surface area (Å²) >= 11 is 6.63. The number of nitrogens with zero attached hydrogens (tertiary/aromatic N) is 5. The predicted octanol–water partition coefficient (Wildman–Crippen LogP) is 5.62. The number of halogens is 1. The summed E-state index contributed by atoms with van der Waals surface area (Å²) in [6.07, 6.45) is 1.89. The number of aliphatic hydroxyl groups excluding tert-OH is 1. The van der Waals surface area contributed by atoms with Crippen LogP contribution >= 0.6 is 11.6 Å². The SMILES string of the molecule is Cc1cccc2c(OC(=O)N(CCOCCO)CCN(CCc3ccc(NC(=O)C(CCCNC(N)=O)NC(=O)C(N)C(C)C)cc3)C(=O)O)cc3c(c12)[C@H](CCl)CN3C(=O)c1cn2cc(NC(=O)c3ccc(O)cc3)ccc2n1. The van der Waals surface area contributed by atoms with Gasteiger partial charge in [0.05, 0.1) is 37.2 Å². The second-order valence-corrected chi connectivity index (χ2v) is 19.9. The minimum absolute atomic E-state index is 0.00171. The van der Waals surface area contributed by atoms with Crippen LogP contribution in [0, 0.1) is 12.8 Å². The number of nitrogens with two attached hydrogens (primary N) is 2. The molecule has 23 nitrogen and oxygen atoms in total. The maximum atomic E-state index is 14.6. The number of anilines is 3. The topological polar surface area (TPSA) is 326 Å². The molecule has 0 aliphatic carbocycles. The summed E-state index contributed by atoms with van der Waals surface area (Å²) in [7, 11) is 0. The van der Waals surface area contributed by atoms with E-state index in [1.165, 1.54) is 29.2 Å². The van der Waals surface area contributed by atoms with E-state index in [1.54, 1.807) is 84.1 Å². The van der Waals surface area contributed by atoms with Gasteiger partial charge in [0.25, 0.3) is 11.8 Å². The van der Waals surface area contributed by atoms with Crippen LogP contribution < -0.4 is 42.4 Å². The lowest BCUT2D eigenvalue weighted by Gasteiger charge is -2.26. The first-order valence-electron chi connectivity index (χ1n) is 26.0. The van der Waals surface area contributed by atoms with Crippen molar-refractivity contribution in [2.24, 2.45) is 17.4 Å². The van der Waals surface area contributed by atoms with Crippen molar-refractivity contribution in [2.45, 2.75) is 58.0 Å². The number of nitrogens with one attached hydrogen (secondary N) is 4. The zero-order valence-corrected chi connectivity index (χ0v) is 45.3. The van der Waals surface area contributed by atoms with Crippen LogP contribution in [0.4, 0.5) is 31.4 Å². The number of urea groups is 1. The molecule has 0 bridgehead atoms. The number of ether oxygens (including phenoxy) is 2. The maximum absolute atomic E-state index is 14.6. The third-order valence-corrected chi connectivity index (χ3v) is 13.9. The number of hydrogen-bond donors (Lipinski definition) is 9. The summed E-state index contributed by atoms with van der Waals surface area (Å²) in [4.78, 5) is 100. The summed E-state index contributed by atoms with van der Waals surface area (Å²) in [6.45, 7) is 5.33. The summed E-state index contributed by atoms with van der Waals surface area (Å²) < 4.78 is 13.3. The number of aromatic nitrogens is 2. The average molecular weight is 1120 g/mol. The molecule has 24 heteroatoms. The molecule has 11 N–H and O–H groups in total. The van der Waals surface area contributed by atoms with E-state index in [0.717, 1.165) is 27.0 Å². The number of aryl methyl sites for hydroxylation is 1. The van der Waals surface area contributed by atoms with Crippen molar-refractivity contribution in [1.82, 2.24) is 29.8 Å². The van der Waals surface area contributed by atoms with Crippen LogP contribution in [0.2, 0.25) is 0 Å². The molecule has 6 aromatic rings. The third kappa shape index (κ3) is 15.0. The van der Waals surface area contributed by atoms with Crippen molar-refractivity contribution in [1.29, 1.82) is 0 Å². The third-order valence-electron chi connectivity index (χ3n) is 13.6. The number of aliphatic hydroxyl groups is 1. The first kappa shape index (κ1) is 59.2. The highest BCUT2D eigenvalue weighted by molar-refractivity contribution is 6.19. The fourth-order valence-corrected chi connectivity index (χ4v) is 9.41. The number of pyridine rings is 1. The molecular weight excluding hydrogens is 1050 g/mol. The molecular formula is C56H66ClN11O12. The lowest BCUT2D eigenvalue weighted by molar-refractivity contribution is -0.128. The Morgan fingerprint density at radius 1 is 0.875 bits per heavy atom. The highest BCUT2D eigenvalue weighted by Crippen LogP contribution is 2.47. The zero-order chi connectivity index (χ0) is 57.6. The highest BCUT2D eigenvalue weighted by Gasteiger charge is 2.37. The van der Waals surface area contributed by atoms with E-state index in [-0.39, 0.29) is 107 Å². The lowest BCUT2D eigenvalue weighted by Crippen LogP contribution is -2.51. The molecule has 424 valence electrons. The zero-order valence-electron chi connectivity index (χ0n) is 44.5. The number of hydrogen-bond acceptors (Lipinski definition) is 13. The number of phenolic OH excluding ortho intramolecular Hbond substituents is 1. The van der Waals surface area contributed by atoms with Gasteiger partial charge in [0.15, 0.2) is 0 Å². The Hall–Kier alpha value is -8.51. The van der Waals surface area contributed by atoms with E-state index in [4.69, 9.17) is 32.5 Å². The van der Waals surface area contributed by atoms with Gasteiger partial charge in [-0.25, -0.2) is 19.4 Å². The van der Waals surface area contributed by atoms with Crippen LogP contribution in [0.15, 0.2) is 97.3 Å². The Kier molecular flexibility index (Phi) is 20.2. The van der Waals surface area contributed by atoms with Crippen molar-refractivity contribution >= 4 is 86.9 Å².